The average molecular weight is 473 g/mol. The fourth-order valence-electron chi connectivity index (χ4n) is 4.47. The Bertz CT molecular complexity index is 1220. The van der Waals surface area contributed by atoms with Gasteiger partial charge in [-0.05, 0) is 59.4 Å². The zero-order valence-electron chi connectivity index (χ0n) is 19.7. The molecule has 0 saturated heterocycles. The van der Waals surface area contributed by atoms with E-state index in [1.807, 2.05) is 31.2 Å². The number of anilines is 1. The van der Waals surface area contributed by atoms with Gasteiger partial charge in [-0.15, -0.1) is 0 Å². The van der Waals surface area contributed by atoms with Gasteiger partial charge >= 0.3 is 12.1 Å². The topological polar surface area (TPSA) is 105 Å². The van der Waals surface area contributed by atoms with Gasteiger partial charge in [0.15, 0.2) is 0 Å². The minimum absolute atomic E-state index is 0.0300. The fraction of sp³-hybridized carbons (Fsp3) is 0.250. The van der Waals surface area contributed by atoms with Crippen LogP contribution in [0.15, 0.2) is 66.7 Å². The molecule has 3 aromatic carbocycles. The summed E-state index contributed by atoms with van der Waals surface area (Å²) in [5, 5.41) is 14.5. The molecule has 180 valence electrons. The molecule has 7 heteroatoms. The Morgan fingerprint density at radius 2 is 1.60 bits per heavy atom. The van der Waals surface area contributed by atoms with Crippen molar-refractivity contribution in [2.24, 2.45) is 0 Å². The number of rotatable bonds is 8. The van der Waals surface area contributed by atoms with Crippen LogP contribution in [-0.4, -0.2) is 35.7 Å². The Labute approximate surface area is 204 Å². The summed E-state index contributed by atoms with van der Waals surface area (Å²) < 4.78 is 5.60. The van der Waals surface area contributed by atoms with E-state index in [0.717, 1.165) is 22.3 Å². The van der Waals surface area contributed by atoms with E-state index in [1.54, 1.807) is 25.1 Å². The third-order valence-electron chi connectivity index (χ3n) is 6.32. The number of aryl methyl sites for hydroxylation is 1. The second kappa shape index (κ2) is 10.4. The van der Waals surface area contributed by atoms with E-state index in [2.05, 4.69) is 34.9 Å². The largest absolute Gasteiger partial charge is 0.481 e. The van der Waals surface area contributed by atoms with Crippen molar-refractivity contribution in [2.45, 2.75) is 38.6 Å². The zero-order valence-corrected chi connectivity index (χ0v) is 19.7. The molecule has 2 amide bonds. The van der Waals surface area contributed by atoms with Gasteiger partial charge in [0.2, 0.25) is 0 Å². The lowest BCUT2D eigenvalue weighted by molar-refractivity contribution is -0.137. The summed E-state index contributed by atoms with van der Waals surface area (Å²) in [6.07, 6.45) is -0.194. The molecule has 3 aromatic rings. The molecule has 0 bridgehead atoms. The van der Waals surface area contributed by atoms with Crippen LogP contribution in [0.25, 0.3) is 11.1 Å². The van der Waals surface area contributed by atoms with Gasteiger partial charge in [0.1, 0.15) is 6.61 Å². The van der Waals surface area contributed by atoms with Crippen molar-refractivity contribution >= 4 is 23.7 Å². The summed E-state index contributed by atoms with van der Waals surface area (Å²) in [5.41, 5.74) is 6.23. The minimum atomic E-state index is -0.962. The number of carboxylic acids is 1. The Hall–Kier alpha value is -4.13. The van der Waals surface area contributed by atoms with Crippen molar-refractivity contribution in [2.75, 3.05) is 11.9 Å². The molecule has 0 heterocycles. The molecule has 4 rings (SSSR count). The zero-order chi connectivity index (χ0) is 24.9. The van der Waals surface area contributed by atoms with E-state index in [1.165, 1.54) is 0 Å². The first-order chi connectivity index (χ1) is 16.9. The molecule has 0 radical (unpaired) electrons. The molecule has 7 nitrogen and oxygen atoms in total. The number of benzene rings is 3. The van der Waals surface area contributed by atoms with Gasteiger partial charge in [0.05, 0.1) is 6.42 Å². The van der Waals surface area contributed by atoms with Gasteiger partial charge in [-0.3, -0.25) is 14.9 Å². The number of nitrogens with one attached hydrogen (secondary N) is 2. The van der Waals surface area contributed by atoms with Crippen LogP contribution in [0.3, 0.4) is 0 Å². The maximum absolute atomic E-state index is 12.6. The highest BCUT2D eigenvalue weighted by atomic mass is 16.5. The number of aliphatic carboxylic acids is 1. The maximum atomic E-state index is 12.6. The number of ether oxygens (including phenoxy) is 1. The normalized spacial score (nSPS) is 12.9. The average Bonchev–Trinajstić information content (AvgIpc) is 3.17. The minimum Gasteiger partial charge on any atom is -0.481 e. The van der Waals surface area contributed by atoms with Gasteiger partial charge in [-0.2, -0.15) is 0 Å². The molecule has 0 unspecified atom stereocenters. The lowest BCUT2D eigenvalue weighted by Crippen LogP contribution is -2.36. The summed E-state index contributed by atoms with van der Waals surface area (Å²) in [7, 11) is 0. The van der Waals surface area contributed by atoms with Gasteiger partial charge in [-0.25, -0.2) is 4.79 Å². The Morgan fingerprint density at radius 3 is 2.17 bits per heavy atom. The van der Waals surface area contributed by atoms with E-state index in [0.29, 0.717) is 23.2 Å². The highest BCUT2D eigenvalue weighted by molar-refractivity contribution is 5.96. The predicted molar refractivity (Wildman–Crippen MR) is 134 cm³/mol. The number of hydrogen-bond acceptors (Lipinski definition) is 4. The molecule has 3 N–H and O–H groups in total. The summed E-state index contributed by atoms with van der Waals surface area (Å²) in [6, 6.07) is 20.7. The van der Waals surface area contributed by atoms with E-state index in [-0.39, 0.29) is 24.9 Å². The van der Waals surface area contributed by atoms with Crippen LogP contribution >= 0.6 is 0 Å². The Balaban J connectivity index is 1.38. The SMILES string of the molecule is CC[C@H](CC(=O)O)NC(=O)c1ccc(NC(=O)OCC2c3ccccc3-c3ccccc32)c(C)c1. The van der Waals surface area contributed by atoms with Crippen LogP contribution in [0.2, 0.25) is 0 Å². The molecule has 1 aliphatic carbocycles. The van der Waals surface area contributed by atoms with Crippen LogP contribution in [0.4, 0.5) is 10.5 Å². The molecule has 1 aliphatic rings. The lowest BCUT2D eigenvalue weighted by Gasteiger charge is -2.16. The predicted octanol–water partition coefficient (Wildman–Crippen LogP) is 5.34. The highest BCUT2D eigenvalue weighted by Gasteiger charge is 2.29. The quantitative estimate of drug-likeness (QED) is 0.411. The molecule has 35 heavy (non-hydrogen) atoms. The van der Waals surface area contributed by atoms with Crippen LogP contribution in [0, 0.1) is 6.92 Å². The summed E-state index contributed by atoms with van der Waals surface area (Å²) in [6.45, 7) is 3.81. The maximum Gasteiger partial charge on any atom is 0.411 e. The molecule has 0 fully saturated rings. The van der Waals surface area contributed by atoms with Crippen molar-refractivity contribution in [1.82, 2.24) is 5.32 Å². The van der Waals surface area contributed by atoms with E-state index >= 15 is 0 Å². The van der Waals surface area contributed by atoms with Crippen LogP contribution in [-0.2, 0) is 9.53 Å². The monoisotopic (exact) mass is 472 g/mol. The van der Waals surface area contributed by atoms with Crippen molar-refractivity contribution in [3.8, 4) is 11.1 Å². The number of carboxylic acid groups (broad SMARTS) is 1. The number of amides is 2. The van der Waals surface area contributed by atoms with Crippen molar-refractivity contribution in [3.63, 3.8) is 0 Å². The number of hydrogen-bond donors (Lipinski definition) is 3. The first-order valence-electron chi connectivity index (χ1n) is 11.6. The summed E-state index contributed by atoms with van der Waals surface area (Å²) in [5.74, 6) is -1.34. The number of fused-ring (bicyclic) bond motifs is 3. The van der Waals surface area contributed by atoms with Crippen molar-refractivity contribution in [1.29, 1.82) is 0 Å². The number of carbonyl (C=O) groups excluding carboxylic acids is 2. The van der Waals surface area contributed by atoms with E-state index in [9.17, 15) is 14.4 Å². The lowest BCUT2D eigenvalue weighted by atomic mass is 9.98. The molecular weight excluding hydrogens is 444 g/mol. The Kier molecular flexibility index (Phi) is 7.15. The molecule has 0 spiro atoms. The van der Waals surface area contributed by atoms with Crippen LogP contribution in [0.5, 0.6) is 0 Å². The first kappa shape index (κ1) is 24.0. The van der Waals surface area contributed by atoms with Gasteiger partial charge in [0.25, 0.3) is 5.91 Å². The first-order valence-corrected chi connectivity index (χ1v) is 11.6. The van der Waals surface area contributed by atoms with Gasteiger partial charge in [0, 0.05) is 23.2 Å². The fourth-order valence-corrected chi connectivity index (χ4v) is 4.47. The number of carbonyl (C=O) groups is 3. The second-order valence-corrected chi connectivity index (χ2v) is 8.66. The highest BCUT2D eigenvalue weighted by Crippen LogP contribution is 2.44. The Morgan fingerprint density at radius 1 is 0.971 bits per heavy atom. The molecule has 1 atom stereocenters. The summed E-state index contributed by atoms with van der Waals surface area (Å²) in [4.78, 5) is 36.0. The van der Waals surface area contributed by atoms with Crippen molar-refractivity contribution < 1.29 is 24.2 Å². The van der Waals surface area contributed by atoms with Gasteiger partial charge in [-0.1, -0.05) is 55.5 Å². The van der Waals surface area contributed by atoms with E-state index in [4.69, 9.17) is 9.84 Å². The summed E-state index contributed by atoms with van der Waals surface area (Å²) >= 11 is 0. The third kappa shape index (κ3) is 5.35. The third-order valence-corrected chi connectivity index (χ3v) is 6.32. The van der Waals surface area contributed by atoms with Crippen LogP contribution in [0.1, 0.15) is 52.7 Å². The van der Waals surface area contributed by atoms with Crippen LogP contribution < -0.4 is 10.6 Å². The molecule has 0 aliphatic heterocycles. The molecule has 0 saturated carbocycles. The smallest absolute Gasteiger partial charge is 0.411 e. The molecular formula is C28H28N2O5. The second-order valence-electron chi connectivity index (χ2n) is 8.66. The van der Waals surface area contributed by atoms with Gasteiger partial charge < -0.3 is 15.2 Å². The standard InChI is InChI=1S/C28H28N2O5/c1-3-19(15-26(31)32)29-27(33)18-12-13-25(17(2)14-18)30-28(34)35-16-24-22-10-6-4-8-20(22)21-9-5-7-11-23(21)24/h4-14,19,24H,3,15-16H2,1-2H3,(H,29,33)(H,30,34)(H,31,32)/t19-/m1/s1. The van der Waals surface area contributed by atoms with Crippen molar-refractivity contribution in [3.05, 3.63) is 89.0 Å². The van der Waals surface area contributed by atoms with E-state index < -0.39 is 18.1 Å². The molecule has 0 aromatic heterocycles.